The highest BCUT2D eigenvalue weighted by molar-refractivity contribution is 5.94. The Kier molecular flexibility index (Phi) is 4.53. The van der Waals surface area contributed by atoms with E-state index in [2.05, 4.69) is 10.3 Å². The maximum atomic E-state index is 12.0. The highest BCUT2D eigenvalue weighted by Gasteiger charge is 2.10. The average molecular weight is 274 g/mol. The van der Waals surface area contributed by atoms with Crippen LogP contribution in [-0.4, -0.2) is 29.1 Å². The van der Waals surface area contributed by atoms with Gasteiger partial charge in [0, 0.05) is 30.1 Å². The number of aliphatic hydroxyl groups excluding tert-OH is 1. The van der Waals surface area contributed by atoms with Crippen LogP contribution >= 0.6 is 0 Å². The second-order valence-corrected chi connectivity index (χ2v) is 4.92. The molecule has 1 heterocycles. The summed E-state index contributed by atoms with van der Waals surface area (Å²) in [6.07, 6.45) is 0.633. The van der Waals surface area contributed by atoms with Gasteiger partial charge in [0.15, 0.2) is 5.43 Å². The Bertz CT molecular complexity index is 663. The van der Waals surface area contributed by atoms with E-state index in [0.29, 0.717) is 23.9 Å². The number of aliphatic hydroxyl groups is 1. The molecule has 1 atom stereocenters. The first-order valence-corrected chi connectivity index (χ1v) is 6.63. The third-order valence-corrected chi connectivity index (χ3v) is 3.21. The zero-order valence-electron chi connectivity index (χ0n) is 11.3. The minimum absolute atomic E-state index is 0.101. The van der Waals surface area contributed by atoms with Crippen LogP contribution in [0.1, 0.15) is 23.8 Å². The molecular weight excluding hydrogens is 256 g/mol. The lowest BCUT2D eigenvalue weighted by atomic mass is 10.1. The molecule has 1 aromatic carbocycles. The quantitative estimate of drug-likeness (QED) is 0.768. The minimum Gasteiger partial charge on any atom is -0.396 e. The van der Waals surface area contributed by atoms with E-state index < -0.39 is 0 Å². The Hall–Kier alpha value is -2.14. The average Bonchev–Trinajstić information content (AvgIpc) is 2.45. The van der Waals surface area contributed by atoms with Crippen molar-refractivity contribution in [1.82, 2.24) is 10.3 Å². The lowest BCUT2D eigenvalue weighted by Crippen LogP contribution is -2.30. The third kappa shape index (κ3) is 3.24. The lowest BCUT2D eigenvalue weighted by molar-refractivity contribution is 0.0940. The Morgan fingerprint density at radius 1 is 1.40 bits per heavy atom. The molecule has 5 heteroatoms. The Balaban J connectivity index is 2.16. The molecule has 2 rings (SSSR count). The van der Waals surface area contributed by atoms with E-state index in [1.165, 1.54) is 6.07 Å². The van der Waals surface area contributed by atoms with Crippen LogP contribution in [0, 0.1) is 5.92 Å². The van der Waals surface area contributed by atoms with E-state index in [0.717, 1.165) is 0 Å². The summed E-state index contributed by atoms with van der Waals surface area (Å²) in [4.78, 5) is 26.9. The van der Waals surface area contributed by atoms with Gasteiger partial charge in [-0.1, -0.05) is 19.1 Å². The van der Waals surface area contributed by atoms with E-state index in [1.54, 1.807) is 18.2 Å². The summed E-state index contributed by atoms with van der Waals surface area (Å²) < 4.78 is 0. The number of carbonyl (C=O) groups is 1. The normalized spacial score (nSPS) is 12.3. The molecule has 0 bridgehead atoms. The van der Waals surface area contributed by atoms with Gasteiger partial charge < -0.3 is 15.4 Å². The molecule has 5 nitrogen and oxygen atoms in total. The monoisotopic (exact) mass is 274 g/mol. The van der Waals surface area contributed by atoms with Gasteiger partial charge in [0.05, 0.1) is 0 Å². The van der Waals surface area contributed by atoms with E-state index in [-0.39, 0.29) is 29.6 Å². The summed E-state index contributed by atoms with van der Waals surface area (Å²) in [5, 5.41) is 12.1. The zero-order valence-corrected chi connectivity index (χ0v) is 11.3. The first-order chi connectivity index (χ1) is 9.61. The summed E-state index contributed by atoms with van der Waals surface area (Å²) in [5.41, 5.74) is 0.728. The molecule has 106 valence electrons. The molecule has 0 saturated heterocycles. The Morgan fingerprint density at radius 2 is 2.15 bits per heavy atom. The molecule has 0 aliphatic carbocycles. The number of rotatable bonds is 5. The van der Waals surface area contributed by atoms with Crippen molar-refractivity contribution in [2.75, 3.05) is 13.2 Å². The highest BCUT2D eigenvalue weighted by atomic mass is 16.3. The second-order valence-electron chi connectivity index (χ2n) is 4.92. The van der Waals surface area contributed by atoms with Gasteiger partial charge in [-0.2, -0.15) is 0 Å². The molecule has 0 spiro atoms. The van der Waals surface area contributed by atoms with Crippen LogP contribution < -0.4 is 10.7 Å². The predicted octanol–water partition coefficient (Wildman–Crippen LogP) is 1.28. The molecule has 1 amide bonds. The fourth-order valence-electron chi connectivity index (χ4n) is 2.00. The number of carbonyl (C=O) groups excluding carboxylic acids is 1. The van der Waals surface area contributed by atoms with Crippen molar-refractivity contribution in [3.05, 3.63) is 46.2 Å². The summed E-state index contributed by atoms with van der Waals surface area (Å²) >= 11 is 0. The van der Waals surface area contributed by atoms with Gasteiger partial charge in [-0.3, -0.25) is 9.59 Å². The molecule has 2 aromatic rings. The standard InChI is InChI=1S/C15H18N2O3/c1-10(6-7-18)9-16-15(20)13-8-14(19)11-4-2-3-5-12(11)17-13/h2-5,8,10,18H,6-7,9H2,1H3,(H,16,20)(H,17,19). The molecule has 0 fully saturated rings. The van der Waals surface area contributed by atoms with Crippen molar-refractivity contribution in [1.29, 1.82) is 0 Å². The van der Waals surface area contributed by atoms with Crippen LogP contribution in [0.2, 0.25) is 0 Å². The number of amides is 1. The molecule has 0 aliphatic rings. The van der Waals surface area contributed by atoms with Crippen LogP contribution in [0.15, 0.2) is 35.1 Å². The second kappa shape index (κ2) is 6.34. The Morgan fingerprint density at radius 3 is 2.90 bits per heavy atom. The molecule has 0 radical (unpaired) electrons. The Labute approximate surface area is 116 Å². The van der Waals surface area contributed by atoms with Gasteiger partial charge in [0.25, 0.3) is 5.91 Å². The van der Waals surface area contributed by atoms with E-state index in [4.69, 9.17) is 5.11 Å². The molecule has 0 saturated carbocycles. The molecule has 1 aromatic heterocycles. The smallest absolute Gasteiger partial charge is 0.267 e. The van der Waals surface area contributed by atoms with Crippen LogP contribution in [0.4, 0.5) is 0 Å². The van der Waals surface area contributed by atoms with Crippen molar-refractivity contribution in [2.24, 2.45) is 5.92 Å². The molecular formula is C15H18N2O3. The highest BCUT2D eigenvalue weighted by Crippen LogP contribution is 2.07. The first kappa shape index (κ1) is 14.3. The number of pyridine rings is 1. The number of benzene rings is 1. The number of aromatic amines is 1. The summed E-state index contributed by atoms with van der Waals surface area (Å²) in [6.45, 7) is 2.51. The van der Waals surface area contributed by atoms with Crippen molar-refractivity contribution in [2.45, 2.75) is 13.3 Å². The van der Waals surface area contributed by atoms with Gasteiger partial charge in [-0.15, -0.1) is 0 Å². The number of nitrogens with one attached hydrogen (secondary N) is 2. The van der Waals surface area contributed by atoms with Crippen molar-refractivity contribution in [3.8, 4) is 0 Å². The molecule has 1 unspecified atom stereocenters. The van der Waals surface area contributed by atoms with Crippen LogP contribution in [-0.2, 0) is 0 Å². The fourth-order valence-corrected chi connectivity index (χ4v) is 2.00. The van der Waals surface area contributed by atoms with Crippen LogP contribution in [0.25, 0.3) is 10.9 Å². The van der Waals surface area contributed by atoms with E-state index >= 15 is 0 Å². The molecule has 20 heavy (non-hydrogen) atoms. The van der Waals surface area contributed by atoms with Gasteiger partial charge in [-0.05, 0) is 24.5 Å². The van der Waals surface area contributed by atoms with Gasteiger partial charge in [-0.25, -0.2) is 0 Å². The summed E-state index contributed by atoms with van der Waals surface area (Å²) in [6, 6.07) is 8.40. The van der Waals surface area contributed by atoms with Crippen LogP contribution in [0.3, 0.4) is 0 Å². The molecule has 3 N–H and O–H groups in total. The third-order valence-electron chi connectivity index (χ3n) is 3.21. The SMILES string of the molecule is CC(CCO)CNC(=O)c1cc(=O)c2ccccc2[nH]1. The topological polar surface area (TPSA) is 82.2 Å². The van der Waals surface area contributed by atoms with Crippen molar-refractivity contribution in [3.63, 3.8) is 0 Å². The van der Waals surface area contributed by atoms with E-state index in [9.17, 15) is 9.59 Å². The van der Waals surface area contributed by atoms with Gasteiger partial charge in [0.2, 0.25) is 0 Å². The minimum atomic E-state index is -0.308. The van der Waals surface area contributed by atoms with Crippen molar-refractivity contribution < 1.29 is 9.90 Å². The number of para-hydroxylation sites is 1. The number of fused-ring (bicyclic) bond motifs is 1. The predicted molar refractivity (Wildman–Crippen MR) is 77.8 cm³/mol. The van der Waals surface area contributed by atoms with Gasteiger partial charge in [0.1, 0.15) is 5.69 Å². The number of aromatic nitrogens is 1. The maximum absolute atomic E-state index is 12.0. The number of H-pyrrole nitrogens is 1. The lowest BCUT2D eigenvalue weighted by Gasteiger charge is -2.11. The van der Waals surface area contributed by atoms with E-state index in [1.807, 2.05) is 13.0 Å². The summed E-state index contributed by atoms with van der Waals surface area (Å²) in [5.74, 6) is -0.117. The summed E-state index contributed by atoms with van der Waals surface area (Å²) in [7, 11) is 0. The largest absolute Gasteiger partial charge is 0.396 e. The zero-order chi connectivity index (χ0) is 14.5. The number of hydrogen-bond acceptors (Lipinski definition) is 3. The van der Waals surface area contributed by atoms with Gasteiger partial charge >= 0.3 is 0 Å². The first-order valence-electron chi connectivity index (χ1n) is 6.63. The van der Waals surface area contributed by atoms with Crippen molar-refractivity contribution >= 4 is 16.8 Å². The maximum Gasteiger partial charge on any atom is 0.267 e. The van der Waals surface area contributed by atoms with Crippen LogP contribution in [0.5, 0.6) is 0 Å². The number of hydrogen-bond donors (Lipinski definition) is 3. The fraction of sp³-hybridized carbons (Fsp3) is 0.333. The molecule has 0 aliphatic heterocycles.